The lowest BCUT2D eigenvalue weighted by molar-refractivity contribution is -0.274. The summed E-state index contributed by atoms with van der Waals surface area (Å²) in [6, 6.07) is 11.1. The number of ether oxygens (including phenoxy) is 1. The minimum atomic E-state index is -4.78. The Bertz CT molecular complexity index is 761. The van der Waals surface area contributed by atoms with E-state index in [1.807, 2.05) is 0 Å². The number of anilines is 2. The standard InChI is InChI=1S/C16H14F3N3O3/c17-16(18,19)25-13-3-1-2-12(8-13)21-9-14(23)22-11-6-4-10(5-7-11)15(20)24/h1-8,21H,9H2,(H2,20,24)(H,22,23). The molecule has 0 aliphatic rings. The fourth-order valence-electron chi connectivity index (χ4n) is 1.91. The van der Waals surface area contributed by atoms with E-state index in [9.17, 15) is 22.8 Å². The Morgan fingerprint density at radius 1 is 1.04 bits per heavy atom. The third-order valence-corrected chi connectivity index (χ3v) is 2.97. The second kappa shape index (κ2) is 7.56. The predicted octanol–water partition coefficient (Wildman–Crippen LogP) is 2.73. The smallest absolute Gasteiger partial charge is 0.406 e. The molecule has 0 aliphatic heterocycles. The first kappa shape index (κ1) is 18.1. The molecule has 132 valence electrons. The van der Waals surface area contributed by atoms with Crippen LogP contribution in [0.1, 0.15) is 10.4 Å². The van der Waals surface area contributed by atoms with Gasteiger partial charge in [-0.1, -0.05) is 6.07 Å². The third-order valence-electron chi connectivity index (χ3n) is 2.97. The lowest BCUT2D eigenvalue weighted by Crippen LogP contribution is -2.22. The summed E-state index contributed by atoms with van der Waals surface area (Å²) in [7, 11) is 0. The molecule has 25 heavy (non-hydrogen) atoms. The van der Waals surface area contributed by atoms with Gasteiger partial charge in [0.2, 0.25) is 11.8 Å². The van der Waals surface area contributed by atoms with Gasteiger partial charge in [0.25, 0.3) is 0 Å². The van der Waals surface area contributed by atoms with Crippen molar-refractivity contribution in [2.45, 2.75) is 6.36 Å². The minimum absolute atomic E-state index is 0.174. The van der Waals surface area contributed by atoms with Crippen molar-refractivity contribution in [2.24, 2.45) is 5.73 Å². The molecular formula is C16H14F3N3O3. The first-order chi connectivity index (χ1) is 11.7. The van der Waals surface area contributed by atoms with E-state index in [1.54, 1.807) is 0 Å². The Hall–Kier alpha value is -3.23. The zero-order valence-electron chi connectivity index (χ0n) is 12.8. The van der Waals surface area contributed by atoms with Gasteiger partial charge in [0.1, 0.15) is 5.75 Å². The number of hydrogen-bond acceptors (Lipinski definition) is 4. The van der Waals surface area contributed by atoms with Gasteiger partial charge >= 0.3 is 6.36 Å². The van der Waals surface area contributed by atoms with Crippen molar-refractivity contribution in [3.63, 3.8) is 0 Å². The van der Waals surface area contributed by atoms with E-state index in [0.717, 1.165) is 12.1 Å². The van der Waals surface area contributed by atoms with E-state index in [-0.39, 0.29) is 12.3 Å². The molecule has 4 N–H and O–H groups in total. The molecule has 9 heteroatoms. The molecule has 0 fully saturated rings. The fourth-order valence-corrected chi connectivity index (χ4v) is 1.91. The molecule has 2 aromatic carbocycles. The molecule has 2 rings (SSSR count). The molecule has 0 saturated heterocycles. The average Bonchev–Trinajstić information content (AvgIpc) is 2.52. The maximum atomic E-state index is 12.2. The quantitative estimate of drug-likeness (QED) is 0.744. The predicted molar refractivity (Wildman–Crippen MR) is 85.2 cm³/mol. The van der Waals surface area contributed by atoms with Crippen molar-refractivity contribution >= 4 is 23.2 Å². The van der Waals surface area contributed by atoms with Crippen molar-refractivity contribution in [3.05, 3.63) is 54.1 Å². The summed E-state index contributed by atoms with van der Waals surface area (Å²) >= 11 is 0. The molecule has 0 bridgehead atoms. The highest BCUT2D eigenvalue weighted by molar-refractivity contribution is 5.96. The number of nitrogens with two attached hydrogens (primary N) is 1. The molecule has 2 aromatic rings. The summed E-state index contributed by atoms with van der Waals surface area (Å²) in [6.07, 6.45) is -4.78. The van der Waals surface area contributed by atoms with Crippen LogP contribution in [0.4, 0.5) is 24.5 Å². The Kier molecular flexibility index (Phi) is 5.48. The molecule has 0 radical (unpaired) electrons. The average molecular weight is 353 g/mol. The van der Waals surface area contributed by atoms with E-state index < -0.39 is 18.2 Å². The first-order valence-electron chi connectivity index (χ1n) is 7.02. The maximum Gasteiger partial charge on any atom is 0.573 e. The van der Waals surface area contributed by atoms with Crippen LogP contribution < -0.4 is 21.1 Å². The molecular weight excluding hydrogens is 339 g/mol. The van der Waals surface area contributed by atoms with Crippen LogP contribution in [0.25, 0.3) is 0 Å². The molecule has 0 unspecified atom stereocenters. The SMILES string of the molecule is NC(=O)c1ccc(NC(=O)CNc2cccc(OC(F)(F)F)c2)cc1. The van der Waals surface area contributed by atoms with E-state index >= 15 is 0 Å². The highest BCUT2D eigenvalue weighted by atomic mass is 19.4. The highest BCUT2D eigenvalue weighted by Gasteiger charge is 2.31. The third kappa shape index (κ3) is 6.05. The summed E-state index contributed by atoms with van der Waals surface area (Å²) in [4.78, 5) is 22.8. The van der Waals surface area contributed by atoms with Gasteiger partial charge in [0.05, 0.1) is 6.54 Å². The Morgan fingerprint density at radius 2 is 1.72 bits per heavy atom. The zero-order valence-corrected chi connectivity index (χ0v) is 12.8. The van der Waals surface area contributed by atoms with E-state index in [4.69, 9.17) is 5.73 Å². The second-order valence-electron chi connectivity index (χ2n) is 4.92. The van der Waals surface area contributed by atoms with Gasteiger partial charge in [-0.25, -0.2) is 0 Å². The van der Waals surface area contributed by atoms with E-state index in [2.05, 4.69) is 15.4 Å². The molecule has 0 aromatic heterocycles. The molecule has 2 amide bonds. The van der Waals surface area contributed by atoms with Gasteiger partial charge in [0, 0.05) is 23.0 Å². The summed E-state index contributed by atoms with van der Waals surface area (Å²) in [5, 5.41) is 5.25. The van der Waals surface area contributed by atoms with Crippen molar-refractivity contribution < 1.29 is 27.5 Å². The largest absolute Gasteiger partial charge is 0.573 e. The van der Waals surface area contributed by atoms with Gasteiger partial charge in [-0.15, -0.1) is 13.2 Å². The summed E-state index contributed by atoms with van der Waals surface area (Å²) < 4.78 is 40.3. The molecule has 0 saturated carbocycles. The van der Waals surface area contributed by atoms with E-state index in [1.165, 1.54) is 36.4 Å². The van der Waals surface area contributed by atoms with Crippen LogP contribution in [0.2, 0.25) is 0 Å². The van der Waals surface area contributed by atoms with E-state index in [0.29, 0.717) is 16.9 Å². The van der Waals surface area contributed by atoms with Gasteiger partial charge in [0.15, 0.2) is 0 Å². The van der Waals surface area contributed by atoms with Gasteiger partial charge in [-0.3, -0.25) is 9.59 Å². The van der Waals surface area contributed by atoms with Crippen LogP contribution in [0.5, 0.6) is 5.75 Å². The molecule has 0 aliphatic carbocycles. The van der Waals surface area contributed by atoms with Gasteiger partial charge < -0.3 is 21.1 Å². The number of nitrogens with one attached hydrogen (secondary N) is 2. The van der Waals surface area contributed by atoms with Gasteiger partial charge in [-0.05, 0) is 36.4 Å². The normalized spacial score (nSPS) is 10.8. The number of amides is 2. The summed E-state index contributed by atoms with van der Waals surface area (Å²) in [5.41, 5.74) is 6.16. The number of hydrogen-bond donors (Lipinski definition) is 3. The van der Waals surface area contributed by atoms with Crippen molar-refractivity contribution in [3.8, 4) is 5.75 Å². The van der Waals surface area contributed by atoms with Crippen LogP contribution in [0, 0.1) is 0 Å². The maximum absolute atomic E-state index is 12.2. The Balaban J connectivity index is 1.89. The zero-order chi connectivity index (χ0) is 18.4. The van der Waals surface area contributed by atoms with Crippen LogP contribution >= 0.6 is 0 Å². The van der Waals surface area contributed by atoms with Crippen molar-refractivity contribution in [1.82, 2.24) is 0 Å². The monoisotopic (exact) mass is 353 g/mol. The van der Waals surface area contributed by atoms with Crippen LogP contribution in [0.3, 0.4) is 0 Å². The second-order valence-corrected chi connectivity index (χ2v) is 4.92. The number of primary amides is 1. The van der Waals surface area contributed by atoms with Crippen molar-refractivity contribution in [2.75, 3.05) is 17.2 Å². The Morgan fingerprint density at radius 3 is 2.32 bits per heavy atom. The molecule has 0 heterocycles. The fraction of sp³-hybridized carbons (Fsp3) is 0.125. The minimum Gasteiger partial charge on any atom is -0.406 e. The number of alkyl halides is 3. The van der Waals surface area contributed by atoms with Crippen molar-refractivity contribution in [1.29, 1.82) is 0 Å². The summed E-state index contributed by atoms with van der Waals surface area (Å²) in [6.45, 7) is -0.174. The van der Waals surface area contributed by atoms with Crippen LogP contribution in [-0.2, 0) is 4.79 Å². The number of halogens is 3. The van der Waals surface area contributed by atoms with Crippen LogP contribution in [0.15, 0.2) is 48.5 Å². The first-order valence-corrected chi connectivity index (χ1v) is 7.02. The number of benzene rings is 2. The number of carbonyl (C=O) groups is 2. The molecule has 6 nitrogen and oxygen atoms in total. The number of carbonyl (C=O) groups excluding carboxylic acids is 2. The van der Waals surface area contributed by atoms with Crippen LogP contribution in [-0.4, -0.2) is 24.7 Å². The highest BCUT2D eigenvalue weighted by Crippen LogP contribution is 2.24. The number of rotatable bonds is 6. The summed E-state index contributed by atoms with van der Waals surface area (Å²) in [5.74, 6) is -1.39. The van der Waals surface area contributed by atoms with Gasteiger partial charge in [-0.2, -0.15) is 0 Å². The molecule has 0 atom stereocenters. The lowest BCUT2D eigenvalue weighted by atomic mass is 10.2. The lowest BCUT2D eigenvalue weighted by Gasteiger charge is -2.11. The topological polar surface area (TPSA) is 93.5 Å². The Labute approximate surface area is 140 Å². The molecule has 0 spiro atoms.